The molecule has 0 spiro atoms. The molecule has 0 saturated heterocycles. The van der Waals surface area contributed by atoms with Gasteiger partial charge in [-0.25, -0.2) is 0 Å². The monoisotopic (exact) mass is 234 g/mol. The van der Waals surface area contributed by atoms with E-state index in [4.69, 9.17) is 0 Å². The fraction of sp³-hybridized carbons (Fsp3) is 0.167. The summed E-state index contributed by atoms with van der Waals surface area (Å²) >= 11 is 2.19. The highest BCUT2D eigenvalue weighted by molar-refractivity contribution is 14.1. The van der Waals surface area contributed by atoms with E-state index in [1.165, 1.54) is 0 Å². The van der Waals surface area contributed by atoms with E-state index in [2.05, 4.69) is 27.9 Å². The summed E-state index contributed by atoms with van der Waals surface area (Å²) in [5, 5.41) is 1.02. The molecule has 48 valence electrons. The van der Waals surface area contributed by atoms with Crippen LogP contribution in [0.1, 0.15) is 0 Å². The summed E-state index contributed by atoms with van der Waals surface area (Å²) in [5.41, 5.74) is 0. The van der Waals surface area contributed by atoms with Gasteiger partial charge in [0.05, 0.1) is 28.2 Å². The van der Waals surface area contributed by atoms with Gasteiger partial charge in [0, 0.05) is 19.4 Å². The van der Waals surface area contributed by atoms with Crippen LogP contribution in [-0.2, 0) is 0 Å². The summed E-state index contributed by atoms with van der Waals surface area (Å²) < 4.78 is 1.95. The highest BCUT2D eigenvalue weighted by Gasteiger charge is 1.76. The maximum absolute atomic E-state index is 4.00. The van der Waals surface area contributed by atoms with Gasteiger partial charge in [0.25, 0.3) is 0 Å². The average molecular weight is 234 g/mol. The van der Waals surface area contributed by atoms with E-state index in [-0.39, 0.29) is 0 Å². The highest BCUT2D eigenvalue weighted by atomic mass is 127. The molecule has 0 aliphatic carbocycles. The Hall–Kier alpha value is -0.320. The third-order valence-corrected chi connectivity index (χ3v) is 1.68. The Morgan fingerprint density at radius 2 is 2.00 bits per heavy atom. The Morgan fingerprint density at radius 1 is 1.44 bits per heavy atom. The Labute approximate surface area is 67.7 Å². The largest absolute Gasteiger partial charge is 0.297 e. The van der Waals surface area contributed by atoms with Crippen LogP contribution in [0.2, 0.25) is 0 Å². The zero-order valence-electron chi connectivity index (χ0n) is 5.08. The first-order valence-corrected chi connectivity index (χ1v) is 3.57. The van der Waals surface area contributed by atoms with E-state index in [1.807, 2.05) is 27.3 Å². The lowest BCUT2D eigenvalue weighted by Crippen LogP contribution is -1.99. The van der Waals surface area contributed by atoms with E-state index in [0.717, 1.165) is 5.36 Å². The molecule has 0 saturated carbocycles. The minimum Gasteiger partial charge on any atom is -0.297 e. The molecule has 1 rings (SSSR count). The standard InChI is InChI=1S/C6H7IN2/c1-8-6-2-4-9(7)5-3-6/h2-5H,1H3. The van der Waals surface area contributed by atoms with E-state index in [1.54, 1.807) is 7.05 Å². The maximum Gasteiger partial charge on any atom is 0.0634 e. The van der Waals surface area contributed by atoms with Gasteiger partial charge >= 0.3 is 0 Å². The van der Waals surface area contributed by atoms with Crippen LogP contribution in [0.3, 0.4) is 0 Å². The highest BCUT2D eigenvalue weighted by Crippen LogP contribution is 1.88. The molecule has 0 radical (unpaired) electrons. The van der Waals surface area contributed by atoms with Gasteiger partial charge in [-0.3, -0.25) is 7.77 Å². The normalized spacial score (nSPS) is 9.11. The van der Waals surface area contributed by atoms with Crippen molar-refractivity contribution in [2.75, 3.05) is 7.05 Å². The van der Waals surface area contributed by atoms with Crippen molar-refractivity contribution in [3.8, 4) is 0 Å². The van der Waals surface area contributed by atoms with Gasteiger partial charge < -0.3 is 0 Å². The number of pyridine rings is 1. The fourth-order valence-corrected chi connectivity index (χ4v) is 0.871. The van der Waals surface area contributed by atoms with Crippen molar-refractivity contribution in [2.24, 2.45) is 4.99 Å². The molecule has 0 aliphatic rings. The Kier molecular flexibility index (Phi) is 2.27. The van der Waals surface area contributed by atoms with Crippen molar-refractivity contribution in [1.82, 2.24) is 2.78 Å². The van der Waals surface area contributed by atoms with Crippen molar-refractivity contribution in [3.63, 3.8) is 0 Å². The number of hydrogen-bond donors (Lipinski definition) is 0. The third-order valence-electron chi connectivity index (χ3n) is 1.03. The van der Waals surface area contributed by atoms with Crippen molar-refractivity contribution in [1.29, 1.82) is 0 Å². The smallest absolute Gasteiger partial charge is 0.0634 e. The zero-order valence-corrected chi connectivity index (χ0v) is 7.24. The average Bonchev–Trinajstić information content (AvgIpc) is 1.90. The van der Waals surface area contributed by atoms with Crippen molar-refractivity contribution < 1.29 is 0 Å². The number of aromatic nitrogens is 1. The topological polar surface area (TPSA) is 17.3 Å². The lowest BCUT2D eigenvalue weighted by atomic mass is 10.5. The van der Waals surface area contributed by atoms with Gasteiger partial charge in [-0.05, 0) is 12.1 Å². The van der Waals surface area contributed by atoms with Crippen LogP contribution in [0.25, 0.3) is 0 Å². The number of nitrogens with zero attached hydrogens (tertiary/aromatic N) is 2. The lowest BCUT2D eigenvalue weighted by molar-refractivity contribution is 1.20. The first kappa shape index (κ1) is 6.80. The van der Waals surface area contributed by atoms with Crippen molar-refractivity contribution >= 4 is 22.9 Å². The fourth-order valence-electron chi connectivity index (χ4n) is 0.549. The van der Waals surface area contributed by atoms with E-state index in [9.17, 15) is 0 Å². The first-order valence-electron chi connectivity index (χ1n) is 2.60. The van der Waals surface area contributed by atoms with Crippen LogP contribution in [0.15, 0.2) is 29.5 Å². The van der Waals surface area contributed by atoms with Gasteiger partial charge in [-0.2, -0.15) is 0 Å². The lowest BCUT2D eigenvalue weighted by Gasteiger charge is -1.89. The molecule has 0 aliphatic heterocycles. The molecule has 1 heterocycles. The number of hydrogen-bond acceptors (Lipinski definition) is 1. The van der Waals surface area contributed by atoms with Crippen molar-refractivity contribution in [3.05, 3.63) is 29.9 Å². The van der Waals surface area contributed by atoms with Crippen LogP contribution < -0.4 is 5.36 Å². The molecule has 1 aromatic rings. The second-order valence-corrected chi connectivity index (χ2v) is 2.74. The molecule has 0 N–H and O–H groups in total. The molecule has 1 aromatic heterocycles. The second-order valence-electron chi connectivity index (χ2n) is 1.62. The van der Waals surface area contributed by atoms with Crippen LogP contribution in [0, 0.1) is 0 Å². The summed E-state index contributed by atoms with van der Waals surface area (Å²) in [6.45, 7) is 0. The predicted octanol–water partition coefficient (Wildman–Crippen LogP) is 1.22. The molecule has 2 nitrogen and oxygen atoms in total. The van der Waals surface area contributed by atoms with Gasteiger partial charge in [0.15, 0.2) is 0 Å². The summed E-state index contributed by atoms with van der Waals surface area (Å²) in [6.07, 6.45) is 3.92. The molecule has 0 fully saturated rings. The van der Waals surface area contributed by atoms with E-state index >= 15 is 0 Å². The quantitative estimate of drug-likeness (QED) is 0.600. The van der Waals surface area contributed by atoms with Crippen LogP contribution in [-0.4, -0.2) is 9.83 Å². The Balaban J connectivity index is 3.17. The van der Waals surface area contributed by atoms with E-state index < -0.39 is 0 Å². The molecule has 0 unspecified atom stereocenters. The van der Waals surface area contributed by atoms with Crippen molar-refractivity contribution in [2.45, 2.75) is 0 Å². The third kappa shape index (κ3) is 1.82. The molecule has 0 amide bonds. The molecular formula is C6H7IN2. The number of rotatable bonds is 0. The zero-order chi connectivity index (χ0) is 6.69. The van der Waals surface area contributed by atoms with Crippen LogP contribution in [0.4, 0.5) is 0 Å². The predicted molar refractivity (Wildman–Crippen MR) is 45.3 cm³/mol. The first-order chi connectivity index (χ1) is 4.33. The molecule has 0 bridgehead atoms. The van der Waals surface area contributed by atoms with Gasteiger partial charge in [-0.15, -0.1) is 0 Å². The van der Waals surface area contributed by atoms with Gasteiger partial charge in [0.2, 0.25) is 0 Å². The van der Waals surface area contributed by atoms with Gasteiger partial charge in [-0.1, -0.05) is 0 Å². The van der Waals surface area contributed by atoms with E-state index in [0.29, 0.717) is 0 Å². The maximum atomic E-state index is 4.00. The molecule has 0 aromatic carbocycles. The summed E-state index contributed by atoms with van der Waals surface area (Å²) in [6, 6.07) is 3.93. The molecular weight excluding hydrogens is 227 g/mol. The molecule has 0 atom stereocenters. The number of halogens is 1. The SMILES string of the molecule is CN=c1ccn(I)cc1. The molecule has 3 heteroatoms. The Bertz CT molecular complexity index is 231. The van der Waals surface area contributed by atoms with Crippen LogP contribution in [0.5, 0.6) is 0 Å². The summed E-state index contributed by atoms with van der Waals surface area (Å²) in [5.74, 6) is 0. The minimum absolute atomic E-state index is 1.02. The second kappa shape index (κ2) is 3.00. The molecule has 9 heavy (non-hydrogen) atoms. The summed E-state index contributed by atoms with van der Waals surface area (Å²) in [7, 11) is 1.78. The summed E-state index contributed by atoms with van der Waals surface area (Å²) in [4.78, 5) is 4.00. The minimum atomic E-state index is 1.02. The van der Waals surface area contributed by atoms with Crippen LogP contribution >= 0.6 is 22.9 Å². The van der Waals surface area contributed by atoms with Gasteiger partial charge in [0.1, 0.15) is 0 Å². The Morgan fingerprint density at radius 3 is 2.44 bits per heavy atom.